The van der Waals surface area contributed by atoms with Gasteiger partial charge in [-0.2, -0.15) is 18.4 Å². The van der Waals surface area contributed by atoms with Gasteiger partial charge in [0.15, 0.2) is 0 Å². The normalized spacial score (nSPS) is 10.7. The predicted molar refractivity (Wildman–Crippen MR) is 90.9 cm³/mol. The molecular formula is C18H16F3N3O2. The van der Waals surface area contributed by atoms with E-state index in [1.807, 2.05) is 6.07 Å². The van der Waals surface area contributed by atoms with Crippen molar-refractivity contribution in [2.24, 2.45) is 0 Å². The summed E-state index contributed by atoms with van der Waals surface area (Å²) in [7, 11) is 0. The molecule has 2 amide bonds. The molecule has 0 aromatic heterocycles. The molecule has 0 aliphatic carbocycles. The predicted octanol–water partition coefficient (Wildman–Crippen LogP) is 5.03. The van der Waals surface area contributed by atoms with Gasteiger partial charge in [0.1, 0.15) is 5.75 Å². The highest BCUT2D eigenvalue weighted by Gasteiger charge is 2.29. The maximum absolute atomic E-state index is 12.5. The van der Waals surface area contributed by atoms with Crippen molar-refractivity contribution in [1.29, 1.82) is 5.26 Å². The minimum Gasteiger partial charge on any atom is -0.493 e. The molecule has 0 aliphatic rings. The lowest BCUT2D eigenvalue weighted by Crippen LogP contribution is -2.19. The zero-order valence-corrected chi connectivity index (χ0v) is 13.6. The van der Waals surface area contributed by atoms with Gasteiger partial charge in [0.25, 0.3) is 0 Å². The second-order valence-electron chi connectivity index (χ2n) is 5.29. The van der Waals surface area contributed by atoms with Crippen molar-refractivity contribution in [3.05, 3.63) is 54.1 Å². The molecule has 2 aromatic carbocycles. The first kappa shape index (κ1) is 19.1. The molecule has 136 valence electrons. The molecule has 0 spiro atoms. The van der Waals surface area contributed by atoms with E-state index in [-0.39, 0.29) is 5.69 Å². The number of carbonyl (C=O) groups is 1. The van der Waals surface area contributed by atoms with Crippen LogP contribution in [0.25, 0.3) is 0 Å². The highest BCUT2D eigenvalue weighted by atomic mass is 19.4. The summed E-state index contributed by atoms with van der Waals surface area (Å²) >= 11 is 0. The molecule has 0 saturated heterocycles. The van der Waals surface area contributed by atoms with E-state index in [2.05, 4.69) is 10.6 Å². The Balaban J connectivity index is 1.90. The summed E-state index contributed by atoms with van der Waals surface area (Å²) < 4.78 is 43.0. The zero-order chi connectivity index (χ0) is 19.0. The molecule has 0 aliphatic heterocycles. The van der Waals surface area contributed by atoms with E-state index in [9.17, 15) is 18.0 Å². The van der Waals surface area contributed by atoms with Crippen LogP contribution in [0.4, 0.5) is 29.3 Å². The number of benzene rings is 2. The van der Waals surface area contributed by atoms with E-state index in [0.717, 1.165) is 12.1 Å². The fourth-order valence-electron chi connectivity index (χ4n) is 2.04. The summed E-state index contributed by atoms with van der Waals surface area (Å²) in [5.74, 6) is 0.537. The van der Waals surface area contributed by atoms with Crippen LogP contribution in [0, 0.1) is 11.3 Å². The average molecular weight is 363 g/mol. The van der Waals surface area contributed by atoms with Gasteiger partial charge in [-0.3, -0.25) is 0 Å². The molecule has 0 saturated carbocycles. The molecule has 2 N–H and O–H groups in total. The number of carbonyl (C=O) groups excluding carboxylic acids is 1. The van der Waals surface area contributed by atoms with Crippen LogP contribution in [0.5, 0.6) is 5.75 Å². The second kappa shape index (κ2) is 8.76. The van der Waals surface area contributed by atoms with Gasteiger partial charge in [0.05, 0.1) is 18.2 Å². The summed E-state index contributed by atoms with van der Waals surface area (Å²) in [5.41, 5.74) is -0.0868. The monoisotopic (exact) mass is 363 g/mol. The molecule has 0 unspecified atom stereocenters. The molecule has 0 radical (unpaired) electrons. The number of urea groups is 1. The Morgan fingerprint density at radius 2 is 1.77 bits per heavy atom. The number of nitrogens with zero attached hydrogens (tertiary/aromatic N) is 1. The van der Waals surface area contributed by atoms with E-state index >= 15 is 0 Å². The summed E-state index contributed by atoms with van der Waals surface area (Å²) in [6.45, 7) is 0.384. The van der Waals surface area contributed by atoms with Crippen molar-refractivity contribution >= 4 is 17.4 Å². The summed E-state index contributed by atoms with van der Waals surface area (Å²) in [6, 6.07) is 12.2. The number of rotatable bonds is 6. The fraction of sp³-hybridized carbons (Fsp3) is 0.222. The smallest absolute Gasteiger partial charge is 0.416 e. The fourth-order valence-corrected chi connectivity index (χ4v) is 2.04. The highest BCUT2D eigenvalue weighted by molar-refractivity contribution is 5.99. The molecule has 0 fully saturated rings. The van der Waals surface area contributed by atoms with Gasteiger partial charge in [-0.05, 0) is 42.8 Å². The minimum atomic E-state index is -4.42. The van der Waals surface area contributed by atoms with Crippen molar-refractivity contribution < 1.29 is 22.7 Å². The van der Waals surface area contributed by atoms with Gasteiger partial charge in [-0.1, -0.05) is 6.07 Å². The van der Waals surface area contributed by atoms with Crippen molar-refractivity contribution in [2.75, 3.05) is 17.2 Å². The minimum absolute atomic E-state index is 0.236. The first-order valence-electron chi connectivity index (χ1n) is 7.73. The number of halogens is 3. The standard InChI is InChI=1S/C18H16F3N3O2/c19-18(20,21)13-6-8-14(9-7-13)23-17(25)24-15-4-3-5-16(12-15)26-11-2-1-10-22/h3-9,12H,1-2,11H2,(H2,23,24,25). The number of anilines is 2. The Morgan fingerprint density at radius 3 is 2.42 bits per heavy atom. The molecule has 2 rings (SSSR count). The Morgan fingerprint density at radius 1 is 1.08 bits per heavy atom. The summed E-state index contributed by atoms with van der Waals surface area (Å²) in [6.07, 6.45) is -3.43. The number of hydrogen-bond acceptors (Lipinski definition) is 3. The number of amides is 2. The molecular weight excluding hydrogens is 347 g/mol. The Kier molecular flexibility index (Phi) is 6.44. The average Bonchev–Trinajstić information content (AvgIpc) is 2.59. The SMILES string of the molecule is N#CCCCOc1cccc(NC(=O)Nc2ccc(C(F)(F)F)cc2)c1. The number of alkyl halides is 3. The first-order chi connectivity index (χ1) is 12.4. The van der Waals surface area contributed by atoms with Gasteiger partial charge >= 0.3 is 12.2 Å². The largest absolute Gasteiger partial charge is 0.493 e. The van der Waals surface area contributed by atoms with Crippen LogP contribution >= 0.6 is 0 Å². The van der Waals surface area contributed by atoms with Crippen molar-refractivity contribution in [3.63, 3.8) is 0 Å². The Hall–Kier alpha value is -3.21. The number of hydrogen-bond donors (Lipinski definition) is 2. The lowest BCUT2D eigenvalue weighted by molar-refractivity contribution is -0.137. The van der Waals surface area contributed by atoms with Crippen LogP contribution < -0.4 is 15.4 Å². The topological polar surface area (TPSA) is 74.1 Å². The maximum atomic E-state index is 12.5. The molecule has 0 heterocycles. The Bertz CT molecular complexity index is 784. The zero-order valence-electron chi connectivity index (χ0n) is 13.6. The van der Waals surface area contributed by atoms with Crippen LogP contribution in [0.15, 0.2) is 48.5 Å². The van der Waals surface area contributed by atoms with Crippen molar-refractivity contribution in [3.8, 4) is 11.8 Å². The summed E-state index contributed by atoms with van der Waals surface area (Å²) in [4.78, 5) is 12.0. The van der Waals surface area contributed by atoms with Crippen molar-refractivity contribution in [1.82, 2.24) is 0 Å². The van der Waals surface area contributed by atoms with Gasteiger partial charge in [-0.15, -0.1) is 0 Å². The van der Waals surface area contributed by atoms with Crippen LogP contribution in [0.2, 0.25) is 0 Å². The van der Waals surface area contributed by atoms with Gasteiger partial charge in [0.2, 0.25) is 0 Å². The summed E-state index contributed by atoms with van der Waals surface area (Å²) in [5, 5.41) is 13.5. The molecule has 8 heteroatoms. The number of ether oxygens (including phenoxy) is 1. The lowest BCUT2D eigenvalue weighted by atomic mass is 10.2. The van der Waals surface area contributed by atoms with E-state index in [4.69, 9.17) is 10.00 Å². The molecule has 26 heavy (non-hydrogen) atoms. The van der Waals surface area contributed by atoms with Gasteiger partial charge in [-0.25, -0.2) is 4.79 Å². The van der Waals surface area contributed by atoms with E-state index in [1.54, 1.807) is 24.3 Å². The number of nitriles is 1. The molecule has 5 nitrogen and oxygen atoms in total. The van der Waals surface area contributed by atoms with Crippen LogP contribution in [0.1, 0.15) is 18.4 Å². The van der Waals surface area contributed by atoms with E-state index in [1.165, 1.54) is 12.1 Å². The third-order valence-electron chi connectivity index (χ3n) is 3.26. The van der Waals surface area contributed by atoms with Gasteiger partial charge < -0.3 is 15.4 Å². The van der Waals surface area contributed by atoms with Crippen LogP contribution in [-0.4, -0.2) is 12.6 Å². The molecule has 0 atom stereocenters. The number of unbranched alkanes of at least 4 members (excludes halogenated alkanes) is 1. The van der Waals surface area contributed by atoms with Gasteiger partial charge in [0, 0.05) is 23.9 Å². The number of nitrogens with one attached hydrogen (secondary N) is 2. The van der Waals surface area contributed by atoms with E-state index < -0.39 is 17.8 Å². The van der Waals surface area contributed by atoms with Crippen molar-refractivity contribution in [2.45, 2.75) is 19.0 Å². The second-order valence-corrected chi connectivity index (χ2v) is 5.29. The Labute approximate surface area is 148 Å². The first-order valence-corrected chi connectivity index (χ1v) is 7.73. The highest BCUT2D eigenvalue weighted by Crippen LogP contribution is 2.29. The van der Waals surface area contributed by atoms with Crippen LogP contribution in [0.3, 0.4) is 0 Å². The maximum Gasteiger partial charge on any atom is 0.416 e. The third-order valence-corrected chi connectivity index (χ3v) is 3.26. The third kappa shape index (κ3) is 6.02. The van der Waals surface area contributed by atoms with Crippen LogP contribution in [-0.2, 0) is 6.18 Å². The molecule has 0 bridgehead atoms. The van der Waals surface area contributed by atoms with E-state index in [0.29, 0.717) is 30.9 Å². The quantitative estimate of drug-likeness (QED) is 0.707. The molecule has 2 aromatic rings. The lowest BCUT2D eigenvalue weighted by Gasteiger charge is -2.11.